The Hall–Kier alpha value is -2.75. The maximum absolute atomic E-state index is 10.8. The number of benzene rings is 2. The summed E-state index contributed by atoms with van der Waals surface area (Å²) in [5.74, 6) is 0.149. The van der Waals surface area contributed by atoms with Gasteiger partial charge in [0.25, 0.3) is 5.91 Å². The molecule has 1 heterocycles. The van der Waals surface area contributed by atoms with Gasteiger partial charge in [0, 0.05) is 22.7 Å². The number of ether oxygens (including phenoxy) is 1. The number of hydrogen-bond donors (Lipinski definition) is 2. The molecule has 0 bridgehead atoms. The van der Waals surface area contributed by atoms with Crippen molar-refractivity contribution in [2.45, 2.75) is 6.92 Å². The maximum atomic E-state index is 10.8. The number of carbonyl (C=O) groups excluding carboxylic acids is 1. The van der Waals surface area contributed by atoms with Gasteiger partial charge in [0.15, 0.2) is 6.61 Å². The number of fused-ring (bicyclic) bond motifs is 1. The Morgan fingerprint density at radius 3 is 2.90 bits per heavy atom. The Morgan fingerprint density at radius 2 is 2.10 bits per heavy atom. The molecule has 0 unspecified atom stereocenters. The van der Waals surface area contributed by atoms with Crippen LogP contribution in [0.1, 0.15) is 5.56 Å². The van der Waals surface area contributed by atoms with Crippen molar-refractivity contribution < 1.29 is 9.53 Å². The fraction of sp³-hybridized carbons (Fsp3) is 0.118. The molecule has 0 aliphatic carbocycles. The second-order valence-electron chi connectivity index (χ2n) is 5.03. The van der Waals surface area contributed by atoms with Crippen molar-refractivity contribution in [3.63, 3.8) is 0 Å². The molecule has 3 aromatic rings. The van der Waals surface area contributed by atoms with Crippen LogP contribution >= 0.6 is 0 Å². The second kappa shape index (κ2) is 5.32. The van der Waals surface area contributed by atoms with E-state index in [1.807, 2.05) is 30.5 Å². The van der Waals surface area contributed by atoms with Crippen molar-refractivity contribution in [3.8, 4) is 16.9 Å². The van der Waals surface area contributed by atoms with E-state index in [-0.39, 0.29) is 6.61 Å². The fourth-order valence-electron chi connectivity index (χ4n) is 2.38. The number of nitrogens with two attached hydrogens (primary N) is 1. The monoisotopic (exact) mass is 280 g/mol. The van der Waals surface area contributed by atoms with Crippen LogP contribution in [0.3, 0.4) is 0 Å². The number of amides is 1. The van der Waals surface area contributed by atoms with E-state index in [9.17, 15) is 4.79 Å². The first-order valence-corrected chi connectivity index (χ1v) is 6.73. The van der Waals surface area contributed by atoms with Crippen molar-refractivity contribution in [3.05, 3.63) is 54.2 Å². The van der Waals surface area contributed by atoms with E-state index in [4.69, 9.17) is 10.5 Å². The van der Waals surface area contributed by atoms with Gasteiger partial charge in [0.2, 0.25) is 0 Å². The van der Waals surface area contributed by atoms with Gasteiger partial charge in [-0.2, -0.15) is 0 Å². The second-order valence-corrected chi connectivity index (χ2v) is 5.03. The zero-order chi connectivity index (χ0) is 14.8. The van der Waals surface area contributed by atoms with Gasteiger partial charge in [-0.25, -0.2) is 0 Å². The van der Waals surface area contributed by atoms with Gasteiger partial charge in [0.1, 0.15) is 5.75 Å². The number of H-pyrrole nitrogens is 1. The quantitative estimate of drug-likeness (QED) is 0.771. The molecule has 0 spiro atoms. The summed E-state index contributed by atoms with van der Waals surface area (Å²) in [5.41, 5.74) is 9.55. The molecule has 3 rings (SSSR count). The van der Waals surface area contributed by atoms with Gasteiger partial charge in [0.05, 0.1) is 0 Å². The molecule has 0 atom stereocenters. The lowest BCUT2D eigenvalue weighted by Crippen LogP contribution is -2.19. The molecule has 21 heavy (non-hydrogen) atoms. The smallest absolute Gasteiger partial charge is 0.255 e. The molecule has 2 aromatic carbocycles. The Balaban J connectivity index is 2.00. The Kier molecular flexibility index (Phi) is 3.36. The van der Waals surface area contributed by atoms with Crippen molar-refractivity contribution in [1.29, 1.82) is 0 Å². The number of carbonyl (C=O) groups is 1. The molecule has 0 saturated carbocycles. The standard InChI is InChI=1S/C17H16N2O2/c1-11-5-6-16-14(7-11)15(9-19-16)12-3-2-4-13(8-12)21-10-17(18)20/h2-9,19H,10H2,1H3,(H2,18,20). The van der Waals surface area contributed by atoms with Crippen molar-refractivity contribution in [1.82, 2.24) is 4.98 Å². The molecule has 1 amide bonds. The molecule has 0 saturated heterocycles. The summed E-state index contributed by atoms with van der Waals surface area (Å²) in [6.07, 6.45) is 1.98. The molecular formula is C17H16N2O2. The van der Waals surface area contributed by atoms with Crippen LogP contribution in [0.25, 0.3) is 22.0 Å². The Morgan fingerprint density at radius 1 is 1.24 bits per heavy atom. The third kappa shape index (κ3) is 2.74. The number of aromatic amines is 1. The van der Waals surface area contributed by atoms with Crippen molar-refractivity contribution in [2.24, 2.45) is 5.73 Å². The summed E-state index contributed by atoms with van der Waals surface area (Å²) in [7, 11) is 0. The fourth-order valence-corrected chi connectivity index (χ4v) is 2.38. The van der Waals surface area contributed by atoms with Gasteiger partial charge in [-0.3, -0.25) is 4.79 Å². The van der Waals surface area contributed by atoms with Crippen LogP contribution in [0.15, 0.2) is 48.7 Å². The van der Waals surface area contributed by atoms with Crippen LogP contribution in [0, 0.1) is 6.92 Å². The first-order valence-electron chi connectivity index (χ1n) is 6.73. The number of hydrogen-bond acceptors (Lipinski definition) is 2. The van der Waals surface area contributed by atoms with Gasteiger partial charge >= 0.3 is 0 Å². The largest absolute Gasteiger partial charge is 0.484 e. The van der Waals surface area contributed by atoms with Gasteiger partial charge in [-0.1, -0.05) is 23.8 Å². The lowest BCUT2D eigenvalue weighted by Gasteiger charge is -2.06. The van der Waals surface area contributed by atoms with E-state index in [1.165, 1.54) is 10.9 Å². The third-order valence-corrected chi connectivity index (χ3v) is 3.36. The highest BCUT2D eigenvalue weighted by Crippen LogP contribution is 2.31. The molecule has 106 valence electrons. The van der Waals surface area contributed by atoms with E-state index in [1.54, 1.807) is 0 Å². The lowest BCUT2D eigenvalue weighted by molar-refractivity contribution is -0.119. The van der Waals surface area contributed by atoms with Crippen molar-refractivity contribution in [2.75, 3.05) is 6.61 Å². The predicted molar refractivity (Wildman–Crippen MR) is 83.2 cm³/mol. The predicted octanol–water partition coefficient (Wildman–Crippen LogP) is 3.01. The molecule has 0 aliphatic heterocycles. The van der Waals surface area contributed by atoms with Crippen LogP contribution in [0.4, 0.5) is 0 Å². The average molecular weight is 280 g/mol. The molecule has 0 aliphatic rings. The third-order valence-electron chi connectivity index (χ3n) is 3.36. The minimum Gasteiger partial charge on any atom is -0.484 e. The summed E-state index contributed by atoms with van der Waals surface area (Å²) >= 11 is 0. The molecular weight excluding hydrogens is 264 g/mol. The van der Waals surface area contributed by atoms with Crippen molar-refractivity contribution >= 4 is 16.8 Å². The first kappa shape index (κ1) is 13.2. The molecule has 0 radical (unpaired) electrons. The molecule has 0 fully saturated rings. The highest BCUT2D eigenvalue weighted by molar-refractivity contribution is 5.96. The van der Waals surface area contributed by atoms with E-state index in [0.717, 1.165) is 16.6 Å². The van der Waals surface area contributed by atoms with E-state index in [0.29, 0.717) is 5.75 Å². The van der Waals surface area contributed by atoms with Crippen LogP contribution in [0.5, 0.6) is 5.75 Å². The highest BCUT2D eigenvalue weighted by Gasteiger charge is 2.07. The maximum Gasteiger partial charge on any atom is 0.255 e. The number of aryl methyl sites for hydroxylation is 1. The topological polar surface area (TPSA) is 68.1 Å². The molecule has 1 aromatic heterocycles. The van der Waals surface area contributed by atoms with Crippen LogP contribution < -0.4 is 10.5 Å². The molecule has 4 nitrogen and oxygen atoms in total. The zero-order valence-electron chi connectivity index (χ0n) is 11.7. The summed E-state index contributed by atoms with van der Waals surface area (Å²) in [5, 5.41) is 1.17. The van der Waals surface area contributed by atoms with E-state index >= 15 is 0 Å². The zero-order valence-corrected chi connectivity index (χ0v) is 11.7. The van der Waals surface area contributed by atoms with Gasteiger partial charge in [-0.15, -0.1) is 0 Å². The summed E-state index contributed by atoms with van der Waals surface area (Å²) < 4.78 is 5.36. The van der Waals surface area contributed by atoms with Crippen LogP contribution in [-0.2, 0) is 4.79 Å². The number of primary amides is 1. The minimum absolute atomic E-state index is 0.115. The van der Waals surface area contributed by atoms with E-state index < -0.39 is 5.91 Å². The average Bonchev–Trinajstić information content (AvgIpc) is 2.88. The molecule has 4 heteroatoms. The Bertz CT molecular complexity index is 805. The summed E-state index contributed by atoms with van der Waals surface area (Å²) in [6, 6.07) is 13.9. The van der Waals surface area contributed by atoms with Crippen LogP contribution in [-0.4, -0.2) is 17.5 Å². The minimum atomic E-state index is -0.483. The molecule has 3 N–H and O–H groups in total. The van der Waals surface area contributed by atoms with Crippen LogP contribution in [0.2, 0.25) is 0 Å². The SMILES string of the molecule is Cc1ccc2[nH]cc(-c3cccc(OCC(N)=O)c3)c2c1. The highest BCUT2D eigenvalue weighted by atomic mass is 16.5. The Labute approximate surface area is 122 Å². The number of aromatic nitrogens is 1. The summed E-state index contributed by atoms with van der Waals surface area (Å²) in [6.45, 7) is 1.96. The number of nitrogens with one attached hydrogen (secondary N) is 1. The number of rotatable bonds is 4. The van der Waals surface area contributed by atoms with Gasteiger partial charge < -0.3 is 15.5 Å². The lowest BCUT2D eigenvalue weighted by atomic mass is 10.0. The van der Waals surface area contributed by atoms with E-state index in [2.05, 4.69) is 30.1 Å². The first-order chi connectivity index (χ1) is 10.1. The normalized spacial score (nSPS) is 10.7. The summed E-state index contributed by atoms with van der Waals surface area (Å²) in [4.78, 5) is 14.1. The van der Waals surface area contributed by atoms with Gasteiger partial charge in [-0.05, 0) is 36.8 Å².